The maximum absolute atomic E-state index is 5.12. The number of hydrogen-bond acceptors (Lipinski definition) is 7. The van der Waals surface area contributed by atoms with E-state index in [-0.39, 0.29) is 22.3 Å². The highest BCUT2D eigenvalue weighted by Crippen LogP contribution is 2.15. The Morgan fingerprint density at radius 2 is 1.20 bits per heavy atom. The summed E-state index contributed by atoms with van der Waals surface area (Å²) in [4.78, 5) is 17.1. The van der Waals surface area contributed by atoms with Crippen LogP contribution in [-0.2, 0) is 21.1 Å². The van der Waals surface area contributed by atoms with Gasteiger partial charge in [0, 0.05) is 99.9 Å². The third-order valence-electron chi connectivity index (χ3n) is 9.02. The van der Waals surface area contributed by atoms with E-state index in [1.807, 2.05) is 81.2 Å². The van der Waals surface area contributed by atoms with E-state index in [1.165, 1.54) is 22.8 Å². The normalized spacial score (nSPS) is 10.1. The topological polar surface area (TPSA) is 153 Å². The van der Waals surface area contributed by atoms with Crippen molar-refractivity contribution in [3.63, 3.8) is 0 Å². The fourth-order valence-corrected chi connectivity index (χ4v) is 5.41. The third kappa shape index (κ3) is 25.0. The van der Waals surface area contributed by atoms with Gasteiger partial charge in [0.05, 0.1) is 17.7 Å². The number of aromatic nitrogens is 12. The maximum atomic E-state index is 5.12. The Kier molecular flexibility index (Phi) is 32.5. The van der Waals surface area contributed by atoms with Crippen molar-refractivity contribution in [2.45, 2.75) is 174 Å². The molecule has 0 saturated heterocycles. The van der Waals surface area contributed by atoms with Crippen LogP contribution in [0.3, 0.4) is 0 Å². The lowest BCUT2D eigenvalue weighted by atomic mass is 10.1. The van der Waals surface area contributed by atoms with Gasteiger partial charge in [-0.25, -0.2) is 9.97 Å². The molecule has 0 atom stereocenters. The summed E-state index contributed by atoms with van der Waals surface area (Å²) in [6.45, 7) is 33.7. The minimum atomic E-state index is 0. The van der Waals surface area contributed by atoms with E-state index in [0.29, 0.717) is 53.2 Å². The van der Waals surface area contributed by atoms with Crippen LogP contribution in [0.5, 0.6) is 0 Å². The molecule has 0 spiro atoms. The van der Waals surface area contributed by atoms with Crippen molar-refractivity contribution in [1.29, 1.82) is 0 Å². The van der Waals surface area contributed by atoms with Gasteiger partial charge in [-0.3, -0.25) is 9.36 Å². The summed E-state index contributed by atoms with van der Waals surface area (Å²) in [5, 5.41) is 16.0. The molecule has 0 amide bonds. The summed E-state index contributed by atoms with van der Waals surface area (Å²) >= 11 is 0. The summed E-state index contributed by atoms with van der Waals surface area (Å²) in [5.74, 6) is 6.23. The fourth-order valence-electron chi connectivity index (χ4n) is 5.41. The highest BCUT2D eigenvalue weighted by Gasteiger charge is 2.06. The molecule has 0 aliphatic rings. The summed E-state index contributed by atoms with van der Waals surface area (Å²) in [7, 11) is 6.00. The lowest BCUT2D eigenvalue weighted by Crippen LogP contribution is -1.99. The first-order valence-corrected chi connectivity index (χ1v) is 21.7. The zero-order valence-electron chi connectivity index (χ0n) is 41.0. The van der Waals surface area contributed by atoms with Gasteiger partial charge in [-0.1, -0.05) is 119 Å². The number of hydrogen-bond donors (Lipinski definition) is 3. The second-order valence-corrected chi connectivity index (χ2v) is 17.1. The van der Waals surface area contributed by atoms with E-state index in [4.69, 9.17) is 4.42 Å². The smallest absolute Gasteiger partial charge is 0.219 e. The Morgan fingerprint density at radius 1 is 0.578 bits per heavy atom. The van der Waals surface area contributed by atoms with Gasteiger partial charge < -0.3 is 23.9 Å². The van der Waals surface area contributed by atoms with Crippen LogP contribution >= 0.6 is 0 Å². The van der Waals surface area contributed by atoms with Gasteiger partial charge in [0.15, 0.2) is 0 Å². The van der Waals surface area contributed by atoms with Crippen LogP contribution in [0, 0.1) is 13.8 Å². The molecule has 0 aliphatic carbocycles. The molecule has 0 radical (unpaired) electrons. The lowest BCUT2D eigenvalue weighted by Gasteiger charge is -2.04. The molecule has 7 rings (SSSR count). The molecule has 0 saturated carbocycles. The number of imidazole rings is 2. The molecule has 13 nitrogen and oxygen atoms in total. The average molecular weight is 889 g/mol. The van der Waals surface area contributed by atoms with Gasteiger partial charge in [-0.15, -0.1) is 10.2 Å². The molecule has 362 valence electrons. The number of nitrogens with one attached hydrogen (secondary N) is 3. The Morgan fingerprint density at radius 3 is 1.42 bits per heavy atom. The molecule has 3 N–H and O–H groups in total. The number of H-pyrrole nitrogens is 3. The first-order chi connectivity index (χ1) is 28.6. The molecule has 0 bridgehead atoms. The first kappa shape index (κ1) is 62.8. The summed E-state index contributed by atoms with van der Waals surface area (Å²) in [5.41, 5.74) is 7.48. The van der Waals surface area contributed by atoms with E-state index in [0.717, 1.165) is 17.2 Å². The van der Waals surface area contributed by atoms with Crippen LogP contribution in [0.25, 0.3) is 0 Å². The quantitative estimate of drug-likeness (QED) is 0.144. The molecular formula is C51H92N12O. The molecule has 7 aromatic rings. The molecule has 0 aliphatic heterocycles. The minimum Gasteiger partial charge on any atom is -0.425 e. The van der Waals surface area contributed by atoms with E-state index < -0.39 is 0 Å². The van der Waals surface area contributed by atoms with E-state index in [1.54, 1.807) is 19.4 Å². The van der Waals surface area contributed by atoms with Crippen LogP contribution < -0.4 is 0 Å². The van der Waals surface area contributed by atoms with Crippen molar-refractivity contribution in [1.82, 2.24) is 59.2 Å². The maximum Gasteiger partial charge on any atom is 0.219 e. The molecule has 7 heterocycles. The van der Waals surface area contributed by atoms with Crippen molar-refractivity contribution in [2.75, 3.05) is 0 Å². The Balaban J connectivity index is -0.000000674. The standard InChI is InChI=1S/C8H14N2.C8H13N.C7H12N2.C7H11N.C6H10N2O.2C6H10N2.3CH4/c1-6(2)8-5-7(3)9-10(8)4;1-7(2)8-5-4-6-9(8)3;1-6(2)7-4-5-9(3)8-7;1-6(2)7-4-3-5-8-7;1-4(2)6-8-7-5(3)9-6;1-5(2)6-3-7-4-8-6;1-5(2)6-7-3-4-8-6;;;/h5-6H,1-4H3;4-7H,1-3H3;4-6H,1-3H3;3-6,8H,1-2H3;4H,1-3H3;2*3-5H,1-2H3,(H,7,8);3*1H4. The summed E-state index contributed by atoms with van der Waals surface area (Å²) in [6, 6.07) is 12.5. The molecular weight excluding hydrogens is 797 g/mol. The second-order valence-electron chi connectivity index (χ2n) is 17.1. The van der Waals surface area contributed by atoms with Crippen molar-refractivity contribution in [3.05, 3.63) is 132 Å². The van der Waals surface area contributed by atoms with E-state index in [2.05, 4.69) is 170 Å². The summed E-state index contributed by atoms with van der Waals surface area (Å²) < 4.78 is 11.1. The molecule has 0 aromatic carbocycles. The third-order valence-corrected chi connectivity index (χ3v) is 9.02. The van der Waals surface area contributed by atoms with E-state index >= 15 is 0 Å². The predicted molar refractivity (Wildman–Crippen MR) is 272 cm³/mol. The number of nitrogens with zero attached hydrogens (tertiary/aromatic N) is 9. The molecule has 64 heavy (non-hydrogen) atoms. The highest BCUT2D eigenvalue weighted by atomic mass is 16.4. The second kappa shape index (κ2) is 33.1. The molecule has 13 heteroatoms. The van der Waals surface area contributed by atoms with Crippen molar-refractivity contribution in [2.24, 2.45) is 21.1 Å². The Labute approximate surface area is 389 Å². The Hall–Kier alpha value is -5.46. The number of aromatic amines is 3. The molecule has 0 fully saturated rings. The predicted octanol–water partition coefficient (Wildman–Crippen LogP) is 14.2. The van der Waals surface area contributed by atoms with Crippen molar-refractivity contribution < 1.29 is 4.42 Å². The van der Waals surface area contributed by atoms with Crippen LogP contribution in [0.2, 0.25) is 0 Å². The lowest BCUT2D eigenvalue weighted by molar-refractivity contribution is 0.448. The summed E-state index contributed by atoms with van der Waals surface area (Å²) in [6.07, 6.45) is 13.2. The van der Waals surface area contributed by atoms with Crippen molar-refractivity contribution in [3.8, 4) is 0 Å². The van der Waals surface area contributed by atoms with Crippen LogP contribution in [0.1, 0.15) is 212 Å². The highest BCUT2D eigenvalue weighted by molar-refractivity contribution is 5.12. The minimum absolute atomic E-state index is 0. The number of aryl methyl sites for hydroxylation is 5. The largest absolute Gasteiger partial charge is 0.425 e. The average Bonchev–Trinajstić information content (AvgIpc) is 4.04. The number of rotatable bonds is 7. The van der Waals surface area contributed by atoms with Crippen LogP contribution in [-0.4, -0.2) is 59.2 Å². The SMILES string of the molecule is C.C.C.CC(C)c1ccc[nH]1.CC(C)c1cccn1C.CC(C)c1ccn(C)n1.CC(C)c1cnc[nH]1.CC(C)c1ncc[nH]1.Cc1cc(C(C)C)n(C)n1.Cc1nnc(C(C)C)o1. The zero-order valence-corrected chi connectivity index (χ0v) is 41.0. The molecule has 0 unspecified atom stereocenters. The van der Waals surface area contributed by atoms with Gasteiger partial charge in [0.2, 0.25) is 11.8 Å². The first-order valence-electron chi connectivity index (χ1n) is 21.7. The van der Waals surface area contributed by atoms with Crippen LogP contribution in [0.4, 0.5) is 0 Å². The molecule has 7 aromatic heterocycles. The van der Waals surface area contributed by atoms with Gasteiger partial charge >= 0.3 is 0 Å². The van der Waals surface area contributed by atoms with Gasteiger partial charge in [0.25, 0.3) is 0 Å². The van der Waals surface area contributed by atoms with Gasteiger partial charge in [0.1, 0.15) is 5.82 Å². The van der Waals surface area contributed by atoms with Gasteiger partial charge in [-0.05, 0) is 72.9 Å². The van der Waals surface area contributed by atoms with Crippen molar-refractivity contribution >= 4 is 0 Å². The zero-order chi connectivity index (χ0) is 46.2. The Bertz CT molecular complexity index is 1920. The van der Waals surface area contributed by atoms with E-state index in [9.17, 15) is 0 Å². The van der Waals surface area contributed by atoms with Crippen LogP contribution in [0.15, 0.2) is 84.3 Å². The fraction of sp³-hybridized carbons (Fsp3) is 0.569. The monoisotopic (exact) mass is 889 g/mol. The van der Waals surface area contributed by atoms with Gasteiger partial charge in [-0.2, -0.15) is 10.2 Å².